The number of halogens is 1. The van der Waals surface area contributed by atoms with E-state index >= 15 is 0 Å². The van der Waals surface area contributed by atoms with E-state index in [4.69, 9.17) is 16.3 Å². The number of sulfone groups is 1. The number of hydrogen-bond donors (Lipinski definition) is 1. The summed E-state index contributed by atoms with van der Waals surface area (Å²) in [6.07, 6.45) is 3.03. The molecule has 9 heteroatoms. The van der Waals surface area contributed by atoms with Crippen LogP contribution in [0, 0.1) is 0 Å². The number of anilines is 1. The molecule has 7 nitrogen and oxygen atoms in total. The van der Waals surface area contributed by atoms with Crippen molar-refractivity contribution in [2.75, 3.05) is 23.5 Å². The maximum absolute atomic E-state index is 12.9. The van der Waals surface area contributed by atoms with Gasteiger partial charge in [-0.1, -0.05) is 29.8 Å². The van der Waals surface area contributed by atoms with Gasteiger partial charge >= 0.3 is 6.03 Å². The highest BCUT2D eigenvalue weighted by Crippen LogP contribution is 2.41. The van der Waals surface area contributed by atoms with Crippen molar-refractivity contribution in [3.05, 3.63) is 83.5 Å². The number of pyridine rings is 1. The van der Waals surface area contributed by atoms with E-state index in [9.17, 15) is 13.2 Å². The summed E-state index contributed by atoms with van der Waals surface area (Å²) < 4.78 is 30.0. The predicted octanol–water partition coefficient (Wildman–Crippen LogP) is 4.39. The van der Waals surface area contributed by atoms with E-state index < -0.39 is 15.4 Å². The van der Waals surface area contributed by atoms with Crippen molar-refractivity contribution >= 4 is 33.2 Å². The number of nitrogens with zero attached hydrogens (tertiary/aromatic N) is 2. The van der Waals surface area contributed by atoms with Crippen molar-refractivity contribution in [1.29, 1.82) is 0 Å². The maximum Gasteiger partial charge on any atom is 0.322 e. The van der Waals surface area contributed by atoms with Crippen molar-refractivity contribution in [2.45, 2.75) is 12.0 Å². The fourth-order valence-corrected chi connectivity index (χ4v) is 4.67. The minimum atomic E-state index is -3.27. The van der Waals surface area contributed by atoms with Crippen LogP contribution in [0.1, 0.15) is 12.0 Å². The molecular weight excluding hydrogens is 450 g/mol. The summed E-state index contributed by atoms with van der Waals surface area (Å²) in [6, 6.07) is 19.2. The van der Waals surface area contributed by atoms with Crippen LogP contribution in [0.25, 0.3) is 0 Å². The van der Waals surface area contributed by atoms with Gasteiger partial charge in [-0.3, -0.25) is 4.90 Å². The van der Waals surface area contributed by atoms with Gasteiger partial charge < -0.3 is 10.1 Å². The Balaban J connectivity index is 1.79. The average molecular weight is 472 g/mol. The van der Waals surface area contributed by atoms with E-state index in [1.807, 2.05) is 24.3 Å². The van der Waals surface area contributed by atoms with E-state index in [1.54, 1.807) is 53.6 Å². The third-order valence-electron chi connectivity index (χ3n) is 5.37. The Kier molecular flexibility index (Phi) is 6.08. The van der Waals surface area contributed by atoms with Crippen LogP contribution >= 0.6 is 11.6 Å². The molecule has 1 aliphatic heterocycles. The van der Waals surface area contributed by atoms with Crippen LogP contribution < -0.4 is 15.0 Å². The molecule has 1 aliphatic rings. The third kappa shape index (κ3) is 4.71. The normalized spacial score (nSPS) is 18.4. The molecular formula is C23H22ClN3O4S. The first kappa shape index (κ1) is 22.1. The van der Waals surface area contributed by atoms with Crippen LogP contribution in [0.5, 0.6) is 11.6 Å². The lowest BCUT2D eigenvalue weighted by Gasteiger charge is -2.37. The molecule has 0 aliphatic carbocycles. The second kappa shape index (κ2) is 8.80. The van der Waals surface area contributed by atoms with Crippen molar-refractivity contribution < 1.29 is 17.9 Å². The molecule has 1 saturated heterocycles. The number of ether oxygens (including phenoxy) is 1. The predicted molar refractivity (Wildman–Crippen MR) is 124 cm³/mol. The number of hydrogen-bond acceptors (Lipinski definition) is 5. The number of nitrogens with one attached hydrogen (secondary N) is 1. The van der Waals surface area contributed by atoms with Crippen LogP contribution in [0.15, 0.2) is 72.9 Å². The molecule has 3 aromatic rings. The van der Waals surface area contributed by atoms with Crippen LogP contribution in [-0.2, 0) is 15.4 Å². The average Bonchev–Trinajstić information content (AvgIpc) is 3.11. The summed E-state index contributed by atoms with van der Waals surface area (Å²) in [6.45, 7) is 0.247. The molecule has 1 aromatic heterocycles. The molecule has 0 spiro atoms. The zero-order chi connectivity index (χ0) is 22.8. The first-order valence-electron chi connectivity index (χ1n) is 9.98. The molecule has 1 fully saturated rings. The largest absolute Gasteiger partial charge is 0.439 e. The molecule has 4 rings (SSSR count). The summed E-state index contributed by atoms with van der Waals surface area (Å²) in [4.78, 5) is 18.7. The van der Waals surface area contributed by atoms with Gasteiger partial charge in [0.1, 0.15) is 15.6 Å². The fraction of sp³-hybridized carbons (Fsp3) is 0.217. The van der Waals surface area contributed by atoms with Gasteiger partial charge in [-0.25, -0.2) is 18.2 Å². The number of urea groups is 1. The Morgan fingerprint density at radius 2 is 1.91 bits per heavy atom. The van der Waals surface area contributed by atoms with E-state index in [0.29, 0.717) is 22.3 Å². The van der Waals surface area contributed by atoms with Gasteiger partial charge in [-0.15, -0.1) is 0 Å². The molecule has 0 radical (unpaired) electrons. The summed E-state index contributed by atoms with van der Waals surface area (Å²) >= 11 is 6.04. The summed E-state index contributed by atoms with van der Waals surface area (Å²) in [5.74, 6) is 0.887. The maximum atomic E-state index is 12.9. The summed E-state index contributed by atoms with van der Waals surface area (Å²) in [5, 5.41) is 3.43. The van der Waals surface area contributed by atoms with E-state index in [2.05, 4.69) is 10.3 Å². The number of aromatic nitrogens is 1. The molecule has 2 aromatic carbocycles. The highest BCUT2D eigenvalue weighted by Gasteiger charge is 2.48. The number of rotatable bonds is 7. The quantitative estimate of drug-likeness (QED) is 0.552. The highest BCUT2D eigenvalue weighted by molar-refractivity contribution is 7.90. The van der Waals surface area contributed by atoms with E-state index in [-0.39, 0.29) is 24.7 Å². The smallest absolute Gasteiger partial charge is 0.322 e. The second-order valence-corrected chi connectivity index (χ2v) is 10.4. The lowest BCUT2D eigenvalue weighted by atomic mass is 9.86. The first-order valence-corrected chi connectivity index (χ1v) is 12.4. The van der Waals surface area contributed by atoms with Gasteiger partial charge in [-0.05, 0) is 54.4 Å². The van der Waals surface area contributed by atoms with Gasteiger partial charge in [0.2, 0.25) is 5.88 Å². The summed E-state index contributed by atoms with van der Waals surface area (Å²) in [5.41, 5.74) is 0.439. The van der Waals surface area contributed by atoms with Crippen molar-refractivity contribution in [3.8, 4) is 11.6 Å². The van der Waals surface area contributed by atoms with Crippen LogP contribution in [0.3, 0.4) is 0 Å². The van der Waals surface area contributed by atoms with Crippen LogP contribution in [0.4, 0.5) is 10.5 Å². The molecule has 1 unspecified atom stereocenters. The van der Waals surface area contributed by atoms with Gasteiger partial charge in [0.25, 0.3) is 0 Å². The van der Waals surface area contributed by atoms with Gasteiger partial charge in [0, 0.05) is 35.8 Å². The Hall–Kier alpha value is -3.10. The fourth-order valence-electron chi connectivity index (χ4n) is 3.84. The lowest BCUT2D eigenvalue weighted by molar-refractivity contribution is 0.250. The SMILES string of the molecule is CS(=O)(=O)CCC1(c2cccc(Oc3ccccn3)c2)CNC(=O)N1c1ccc(Cl)cc1. The first-order chi connectivity index (χ1) is 15.3. The molecule has 1 atom stereocenters. The molecule has 2 amide bonds. The molecule has 0 bridgehead atoms. The minimum Gasteiger partial charge on any atom is -0.439 e. The number of benzene rings is 2. The molecule has 32 heavy (non-hydrogen) atoms. The molecule has 0 saturated carbocycles. The zero-order valence-electron chi connectivity index (χ0n) is 17.4. The van der Waals surface area contributed by atoms with Gasteiger partial charge in [0.05, 0.1) is 11.3 Å². The van der Waals surface area contributed by atoms with Crippen LogP contribution in [-0.4, -0.2) is 38.0 Å². The standard InChI is InChI=1S/C23H22ClN3O4S/c1-32(29,30)14-12-23(16-26-22(28)27(23)19-10-8-18(24)9-11-19)17-5-4-6-20(15-17)31-21-7-2-3-13-25-21/h2-11,13,15H,12,14,16H2,1H3,(H,26,28). The number of carbonyl (C=O) groups excluding carboxylic acids is 1. The van der Waals surface area contributed by atoms with Crippen LogP contribution in [0.2, 0.25) is 5.02 Å². The van der Waals surface area contributed by atoms with Crippen molar-refractivity contribution in [1.82, 2.24) is 10.3 Å². The Bertz CT molecular complexity index is 1220. The van der Waals surface area contributed by atoms with E-state index in [1.165, 1.54) is 6.26 Å². The molecule has 2 heterocycles. The van der Waals surface area contributed by atoms with E-state index in [0.717, 1.165) is 5.56 Å². The van der Waals surface area contributed by atoms with Gasteiger partial charge in [0.15, 0.2) is 0 Å². The van der Waals surface area contributed by atoms with Crippen molar-refractivity contribution in [2.24, 2.45) is 0 Å². The monoisotopic (exact) mass is 471 g/mol. The lowest BCUT2D eigenvalue weighted by Crippen LogP contribution is -2.46. The number of amides is 2. The molecule has 166 valence electrons. The third-order valence-corrected chi connectivity index (χ3v) is 6.56. The highest BCUT2D eigenvalue weighted by atomic mass is 35.5. The van der Waals surface area contributed by atoms with Gasteiger partial charge in [-0.2, -0.15) is 0 Å². The molecule has 1 N–H and O–H groups in total. The zero-order valence-corrected chi connectivity index (χ0v) is 18.9. The second-order valence-electron chi connectivity index (χ2n) is 7.68. The summed E-state index contributed by atoms with van der Waals surface area (Å²) in [7, 11) is -3.27. The Morgan fingerprint density at radius 3 is 2.59 bits per heavy atom. The Morgan fingerprint density at radius 1 is 1.12 bits per heavy atom. The number of carbonyl (C=O) groups is 1. The Labute approximate surface area is 191 Å². The minimum absolute atomic E-state index is 0.0859. The van der Waals surface area contributed by atoms with Crippen molar-refractivity contribution in [3.63, 3.8) is 0 Å². The topological polar surface area (TPSA) is 88.6 Å².